The lowest BCUT2D eigenvalue weighted by atomic mass is 9.96. The number of amides is 1. The van der Waals surface area contributed by atoms with Crippen molar-refractivity contribution in [1.82, 2.24) is 24.8 Å². The number of rotatable bonds is 8. The van der Waals surface area contributed by atoms with Crippen LogP contribution in [0.4, 0.5) is 5.69 Å². The van der Waals surface area contributed by atoms with Gasteiger partial charge in [0.2, 0.25) is 5.91 Å². The normalized spacial score (nSPS) is 17.2. The number of thiazole rings is 1. The Morgan fingerprint density at radius 3 is 2.68 bits per heavy atom. The topological polar surface area (TPSA) is 75.1 Å². The predicted molar refractivity (Wildman–Crippen MR) is 152 cm³/mol. The van der Waals surface area contributed by atoms with E-state index in [1.54, 1.807) is 17.5 Å². The molecule has 1 aromatic carbocycles. The second-order valence-electron chi connectivity index (χ2n) is 9.11. The second kappa shape index (κ2) is 10.8. The summed E-state index contributed by atoms with van der Waals surface area (Å²) < 4.78 is 2.18. The van der Waals surface area contributed by atoms with Crippen LogP contribution in [0, 0.1) is 13.8 Å². The van der Waals surface area contributed by atoms with E-state index in [4.69, 9.17) is 12.2 Å². The highest BCUT2D eigenvalue weighted by Gasteiger charge is 2.41. The summed E-state index contributed by atoms with van der Waals surface area (Å²) in [7, 11) is 0. The average Bonchev–Trinajstić information content (AvgIpc) is 3.61. The maximum atomic E-state index is 13.0. The maximum Gasteiger partial charge on any atom is 0.226 e. The number of carbonyl (C=O) groups excluding carboxylic acids is 1. The van der Waals surface area contributed by atoms with Crippen LogP contribution in [0.2, 0.25) is 0 Å². The monoisotopic (exact) mass is 530 g/mol. The Balaban J connectivity index is 1.44. The number of hydrogen-bond acceptors (Lipinski definition) is 5. The lowest BCUT2D eigenvalue weighted by molar-refractivity contribution is -0.116. The first-order chi connectivity index (χ1) is 18.0. The molecule has 0 saturated carbocycles. The van der Waals surface area contributed by atoms with E-state index in [9.17, 15) is 4.79 Å². The quantitative estimate of drug-likeness (QED) is 0.293. The van der Waals surface area contributed by atoms with Gasteiger partial charge in [-0.05, 0) is 67.9 Å². The number of para-hydroxylation sites is 1. The molecule has 3 aromatic heterocycles. The van der Waals surface area contributed by atoms with E-state index < -0.39 is 0 Å². The molecule has 2 atom stereocenters. The molecule has 1 fully saturated rings. The lowest BCUT2D eigenvalue weighted by Crippen LogP contribution is -2.33. The molecule has 5 rings (SSSR count). The fourth-order valence-electron chi connectivity index (χ4n) is 5.08. The summed E-state index contributed by atoms with van der Waals surface area (Å²) in [6, 6.07) is 15.8. The molecule has 9 heteroatoms. The maximum absolute atomic E-state index is 13.0. The Morgan fingerprint density at radius 1 is 1.14 bits per heavy atom. The molecule has 1 aliphatic rings. The van der Waals surface area contributed by atoms with E-state index in [2.05, 4.69) is 56.9 Å². The van der Waals surface area contributed by atoms with Crippen LogP contribution >= 0.6 is 23.6 Å². The SMILES string of the molecule is CCc1ccccc1NC(=O)CCN1C(=S)N[C@@H](c2ccccn2)[C@@H]1c1cc(C)n(-c2nccs2)c1C. The standard InChI is InChI=1S/C28H30N6OS2/c1-4-20-9-5-6-10-22(20)31-24(35)12-15-33-26(25(32-27(33)36)23-11-7-8-13-29-23)21-17-18(2)34(19(21)3)28-30-14-16-37-28/h5-11,13-14,16-17,25-26H,4,12,15H2,1-3H3,(H,31,35)(H,32,36)/t25-,26-/m0/s1. The van der Waals surface area contributed by atoms with Crippen molar-refractivity contribution < 1.29 is 4.79 Å². The number of aryl methyl sites for hydroxylation is 2. The second-order valence-corrected chi connectivity index (χ2v) is 10.4. The predicted octanol–water partition coefficient (Wildman–Crippen LogP) is 5.51. The van der Waals surface area contributed by atoms with Crippen LogP contribution in [0.3, 0.4) is 0 Å². The van der Waals surface area contributed by atoms with Crippen LogP contribution in [0.15, 0.2) is 66.3 Å². The van der Waals surface area contributed by atoms with E-state index in [-0.39, 0.29) is 18.0 Å². The van der Waals surface area contributed by atoms with Gasteiger partial charge in [0, 0.05) is 47.8 Å². The molecule has 0 radical (unpaired) electrons. The minimum Gasteiger partial charge on any atom is -0.352 e. The van der Waals surface area contributed by atoms with Gasteiger partial charge in [-0.2, -0.15) is 0 Å². The number of hydrogen-bond donors (Lipinski definition) is 2. The molecule has 1 amide bonds. The van der Waals surface area contributed by atoms with Gasteiger partial charge in [-0.25, -0.2) is 4.98 Å². The van der Waals surface area contributed by atoms with Crippen LogP contribution in [0.5, 0.6) is 0 Å². The van der Waals surface area contributed by atoms with Crippen LogP contribution in [0.25, 0.3) is 5.13 Å². The first kappa shape index (κ1) is 25.1. The van der Waals surface area contributed by atoms with E-state index in [1.807, 2.05) is 54.0 Å². The Morgan fingerprint density at radius 2 is 1.95 bits per heavy atom. The summed E-state index contributed by atoms with van der Waals surface area (Å²) in [5.41, 5.74) is 6.26. The molecule has 0 aliphatic carbocycles. The average molecular weight is 531 g/mol. The molecule has 190 valence electrons. The number of carbonyl (C=O) groups is 1. The number of pyridine rings is 1. The molecular weight excluding hydrogens is 500 g/mol. The number of nitrogens with one attached hydrogen (secondary N) is 2. The van der Waals surface area contributed by atoms with Gasteiger partial charge in [0.25, 0.3) is 0 Å². The van der Waals surface area contributed by atoms with Crippen molar-refractivity contribution in [2.45, 2.75) is 45.7 Å². The van der Waals surface area contributed by atoms with Crippen LogP contribution in [0.1, 0.15) is 53.6 Å². The summed E-state index contributed by atoms with van der Waals surface area (Å²) in [6.45, 7) is 6.79. The molecule has 1 saturated heterocycles. The zero-order valence-corrected chi connectivity index (χ0v) is 22.8. The number of anilines is 1. The minimum atomic E-state index is -0.136. The van der Waals surface area contributed by atoms with E-state index in [0.29, 0.717) is 18.1 Å². The van der Waals surface area contributed by atoms with Gasteiger partial charge in [0.05, 0.1) is 17.8 Å². The zero-order chi connectivity index (χ0) is 25.9. The number of aromatic nitrogens is 3. The molecule has 4 heterocycles. The fraction of sp³-hybridized carbons (Fsp3) is 0.286. The lowest BCUT2D eigenvalue weighted by Gasteiger charge is -2.28. The molecule has 0 bridgehead atoms. The third-order valence-electron chi connectivity index (χ3n) is 6.85. The Labute approximate surface area is 226 Å². The summed E-state index contributed by atoms with van der Waals surface area (Å²) in [6.07, 6.45) is 4.80. The highest BCUT2D eigenvalue weighted by atomic mass is 32.1. The number of benzene rings is 1. The van der Waals surface area contributed by atoms with E-state index in [0.717, 1.165) is 45.4 Å². The molecule has 0 unspecified atom stereocenters. The van der Waals surface area contributed by atoms with Gasteiger partial charge in [0.15, 0.2) is 10.2 Å². The highest BCUT2D eigenvalue weighted by molar-refractivity contribution is 7.80. The Kier molecular flexibility index (Phi) is 7.34. The van der Waals surface area contributed by atoms with E-state index in [1.165, 1.54) is 0 Å². The first-order valence-electron chi connectivity index (χ1n) is 12.4. The first-order valence-corrected chi connectivity index (χ1v) is 13.7. The summed E-state index contributed by atoms with van der Waals surface area (Å²) in [5, 5.41) is 10.1. The van der Waals surface area contributed by atoms with Crippen LogP contribution in [-0.4, -0.2) is 37.0 Å². The van der Waals surface area contributed by atoms with Gasteiger partial charge in [0.1, 0.15) is 0 Å². The van der Waals surface area contributed by atoms with Crippen molar-refractivity contribution >= 4 is 40.3 Å². The molecule has 2 N–H and O–H groups in total. The molecule has 37 heavy (non-hydrogen) atoms. The van der Waals surface area contributed by atoms with Crippen LogP contribution in [-0.2, 0) is 11.2 Å². The zero-order valence-electron chi connectivity index (χ0n) is 21.1. The van der Waals surface area contributed by atoms with Crippen molar-refractivity contribution in [2.24, 2.45) is 0 Å². The van der Waals surface area contributed by atoms with Gasteiger partial charge < -0.3 is 15.5 Å². The van der Waals surface area contributed by atoms with Gasteiger partial charge in [-0.15, -0.1) is 11.3 Å². The summed E-state index contributed by atoms with van der Waals surface area (Å²) >= 11 is 7.43. The van der Waals surface area contributed by atoms with Crippen molar-refractivity contribution in [3.63, 3.8) is 0 Å². The van der Waals surface area contributed by atoms with Crippen molar-refractivity contribution in [3.8, 4) is 5.13 Å². The number of nitrogens with zero attached hydrogens (tertiary/aromatic N) is 4. The van der Waals surface area contributed by atoms with Gasteiger partial charge >= 0.3 is 0 Å². The largest absolute Gasteiger partial charge is 0.352 e. The smallest absolute Gasteiger partial charge is 0.226 e. The molecule has 4 aromatic rings. The highest BCUT2D eigenvalue weighted by Crippen LogP contribution is 2.41. The molecule has 7 nitrogen and oxygen atoms in total. The summed E-state index contributed by atoms with van der Waals surface area (Å²) in [4.78, 5) is 24.3. The Bertz CT molecular complexity index is 1400. The van der Waals surface area contributed by atoms with Gasteiger partial charge in [-0.1, -0.05) is 31.2 Å². The summed E-state index contributed by atoms with van der Waals surface area (Å²) in [5.74, 6) is -0.0306. The fourth-order valence-corrected chi connectivity index (χ4v) is 6.16. The van der Waals surface area contributed by atoms with Crippen molar-refractivity contribution in [2.75, 3.05) is 11.9 Å². The number of thiocarbonyl (C=S) groups is 1. The molecular formula is C28H30N6OS2. The van der Waals surface area contributed by atoms with Crippen molar-refractivity contribution in [3.05, 3.63) is 94.5 Å². The minimum absolute atomic E-state index is 0.0306. The van der Waals surface area contributed by atoms with E-state index >= 15 is 0 Å². The molecule has 0 spiro atoms. The van der Waals surface area contributed by atoms with Gasteiger partial charge in [-0.3, -0.25) is 14.3 Å². The van der Waals surface area contributed by atoms with Crippen LogP contribution < -0.4 is 10.6 Å². The Hall–Kier alpha value is -3.56. The van der Waals surface area contributed by atoms with Crippen molar-refractivity contribution in [1.29, 1.82) is 0 Å². The molecule has 1 aliphatic heterocycles. The third kappa shape index (κ3) is 5.01. The third-order valence-corrected chi connectivity index (χ3v) is 7.96.